The Morgan fingerprint density at radius 3 is 2.16 bits per heavy atom. The molecule has 1 unspecified atom stereocenters. The minimum absolute atomic E-state index is 0.0919. The number of para-hydroxylation sites is 1. The summed E-state index contributed by atoms with van der Waals surface area (Å²) in [5.41, 5.74) is 0.712. The molecule has 1 fully saturated rings. The van der Waals surface area contributed by atoms with E-state index < -0.39 is 82.2 Å². The highest BCUT2D eigenvalue weighted by atomic mass is 32.2. The monoisotopic (exact) mass is 883 g/mol. The summed E-state index contributed by atoms with van der Waals surface area (Å²) < 4.78 is 2.02. The zero-order valence-electron chi connectivity index (χ0n) is 37.8. The molecule has 62 heavy (non-hydrogen) atoms. The van der Waals surface area contributed by atoms with Gasteiger partial charge in [-0.05, 0) is 43.4 Å². The zero-order chi connectivity index (χ0) is 46.9. The summed E-state index contributed by atoms with van der Waals surface area (Å²) in [6.07, 6.45) is 2.67. The number of aryl methyl sites for hydroxylation is 1. The van der Waals surface area contributed by atoms with Gasteiger partial charge in [-0.2, -0.15) is 0 Å². The highest BCUT2D eigenvalue weighted by Gasteiger charge is 2.43. The normalized spacial score (nSPS) is 16.8. The molecule has 1 saturated heterocycles. The molecule has 0 radical (unpaired) electrons. The zero-order valence-corrected chi connectivity index (χ0v) is 38.6. The Labute approximate surface area is 368 Å². The fourth-order valence-electron chi connectivity index (χ4n) is 7.67. The predicted octanol–water partition coefficient (Wildman–Crippen LogP) is 2.81. The molecule has 0 spiro atoms. The second kappa shape index (κ2) is 21.7. The van der Waals surface area contributed by atoms with Crippen LogP contribution < -0.4 is 21.3 Å². The SMILES string of the molecule is CN[C@H](C(=O)N[C@H](C(=O)N(C)[C@H](/C=C(\C)C(=O)N[C@H](CCC(=O)O)C(=O)NCCN1C(=O)CC(SCCC(=O)O)C1=O)C(C)C)C(C)(C)C)C(C)(C)c1cn(C)c2ccccc12. The summed E-state index contributed by atoms with van der Waals surface area (Å²) in [7, 11) is 5.27. The summed E-state index contributed by atoms with van der Waals surface area (Å²) >= 11 is 1.08. The van der Waals surface area contributed by atoms with E-state index in [-0.39, 0.29) is 61.4 Å². The maximum Gasteiger partial charge on any atom is 0.304 e. The fourth-order valence-corrected chi connectivity index (χ4v) is 8.77. The molecule has 5 atom stereocenters. The van der Waals surface area contributed by atoms with E-state index in [1.165, 1.54) is 11.8 Å². The second-order valence-corrected chi connectivity index (χ2v) is 19.1. The van der Waals surface area contributed by atoms with Crippen molar-refractivity contribution in [2.24, 2.45) is 18.4 Å². The van der Waals surface area contributed by atoms with E-state index in [9.17, 15) is 43.5 Å². The molecule has 6 amide bonds. The number of nitrogens with one attached hydrogen (secondary N) is 4. The first kappa shape index (κ1) is 51.1. The molecule has 6 N–H and O–H groups in total. The van der Waals surface area contributed by atoms with Gasteiger partial charge in [-0.15, -0.1) is 11.8 Å². The van der Waals surface area contributed by atoms with Crippen molar-refractivity contribution in [3.05, 3.63) is 47.7 Å². The van der Waals surface area contributed by atoms with Gasteiger partial charge in [0.25, 0.3) is 0 Å². The molecule has 1 aromatic carbocycles. The van der Waals surface area contributed by atoms with Crippen molar-refractivity contribution < 1.29 is 48.6 Å². The summed E-state index contributed by atoms with van der Waals surface area (Å²) in [5.74, 6) is -5.36. The number of amides is 6. The number of carbonyl (C=O) groups excluding carboxylic acids is 6. The molecular weight excluding hydrogens is 819 g/mol. The van der Waals surface area contributed by atoms with Crippen LogP contribution in [0.4, 0.5) is 0 Å². The molecule has 0 saturated carbocycles. The summed E-state index contributed by atoms with van der Waals surface area (Å²) in [5, 5.41) is 30.0. The Bertz CT molecular complexity index is 2040. The maximum absolute atomic E-state index is 14.5. The Kier molecular flexibility index (Phi) is 17.9. The molecule has 17 nitrogen and oxygen atoms in total. The number of hydrogen-bond acceptors (Lipinski definition) is 10. The van der Waals surface area contributed by atoms with Gasteiger partial charge in [0.1, 0.15) is 12.1 Å². The number of thioether (sulfide) groups is 1. The van der Waals surface area contributed by atoms with Crippen molar-refractivity contribution in [2.75, 3.05) is 32.9 Å². The average molecular weight is 884 g/mol. The first-order chi connectivity index (χ1) is 28.8. The molecule has 3 rings (SSSR count). The fraction of sp³-hybridized carbons (Fsp3) is 0.591. The van der Waals surface area contributed by atoms with Crippen LogP contribution in [0.3, 0.4) is 0 Å². The van der Waals surface area contributed by atoms with Gasteiger partial charge in [-0.25, -0.2) is 0 Å². The number of aliphatic carboxylic acids is 2. The molecule has 1 aliphatic rings. The van der Waals surface area contributed by atoms with Crippen LogP contribution in [0.1, 0.15) is 86.6 Å². The van der Waals surface area contributed by atoms with Crippen LogP contribution in [-0.2, 0) is 50.8 Å². The third-order valence-corrected chi connectivity index (χ3v) is 12.5. The van der Waals surface area contributed by atoms with Gasteiger partial charge < -0.3 is 40.9 Å². The number of fused-ring (bicyclic) bond motifs is 1. The van der Waals surface area contributed by atoms with Gasteiger partial charge in [0.15, 0.2) is 0 Å². The molecule has 0 aliphatic carbocycles. The maximum atomic E-state index is 14.5. The number of carbonyl (C=O) groups is 8. The lowest BCUT2D eigenvalue weighted by molar-refractivity contribution is -0.141. The first-order valence-electron chi connectivity index (χ1n) is 20.8. The van der Waals surface area contributed by atoms with E-state index in [0.29, 0.717) is 0 Å². The lowest BCUT2D eigenvalue weighted by Gasteiger charge is -2.39. The number of aromatic nitrogens is 1. The summed E-state index contributed by atoms with van der Waals surface area (Å²) in [4.78, 5) is 106. The molecule has 2 aromatic rings. The van der Waals surface area contributed by atoms with Gasteiger partial charge in [0, 0.05) is 73.9 Å². The lowest BCUT2D eigenvalue weighted by atomic mass is 9.76. The summed E-state index contributed by atoms with van der Waals surface area (Å²) in [6.45, 7) is 14.5. The van der Waals surface area contributed by atoms with E-state index >= 15 is 0 Å². The molecule has 0 bridgehead atoms. The minimum atomic E-state index is -1.29. The van der Waals surface area contributed by atoms with E-state index in [1.807, 2.05) is 90.5 Å². The number of nitrogens with zero attached hydrogens (tertiary/aromatic N) is 3. The number of likely N-dealkylation sites (N-methyl/N-ethyl adjacent to an activating group) is 2. The number of imide groups is 1. The number of carboxylic acids is 2. The van der Waals surface area contributed by atoms with Crippen molar-refractivity contribution in [1.29, 1.82) is 0 Å². The average Bonchev–Trinajstić information content (AvgIpc) is 3.67. The van der Waals surface area contributed by atoms with Gasteiger partial charge in [-0.3, -0.25) is 43.3 Å². The van der Waals surface area contributed by atoms with E-state index in [2.05, 4.69) is 21.3 Å². The van der Waals surface area contributed by atoms with E-state index in [0.717, 1.165) is 33.1 Å². The van der Waals surface area contributed by atoms with Crippen molar-refractivity contribution in [2.45, 2.75) is 116 Å². The largest absolute Gasteiger partial charge is 0.481 e. The van der Waals surface area contributed by atoms with E-state index in [1.54, 1.807) is 20.2 Å². The highest BCUT2D eigenvalue weighted by Crippen LogP contribution is 2.35. The van der Waals surface area contributed by atoms with Gasteiger partial charge in [-0.1, -0.05) is 72.7 Å². The van der Waals surface area contributed by atoms with E-state index in [4.69, 9.17) is 5.11 Å². The van der Waals surface area contributed by atoms with Crippen LogP contribution in [-0.4, -0.2) is 134 Å². The Hall–Kier alpha value is -5.23. The second-order valence-electron chi connectivity index (χ2n) is 17.8. The number of hydrogen-bond donors (Lipinski definition) is 6. The van der Waals surface area contributed by atoms with Crippen molar-refractivity contribution in [1.82, 2.24) is 35.6 Å². The third-order valence-electron chi connectivity index (χ3n) is 11.3. The number of likely N-dealkylation sites (tertiary alicyclic amines) is 1. The molecule has 1 aliphatic heterocycles. The molecule has 18 heteroatoms. The smallest absolute Gasteiger partial charge is 0.304 e. The van der Waals surface area contributed by atoms with Crippen LogP contribution in [0.5, 0.6) is 0 Å². The van der Waals surface area contributed by atoms with Crippen LogP contribution in [0.15, 0.2) is 42.1 Å². The standard InChI is InChI=1S/C44H65N7O10S/c1-25(2)31(50(11)42(61)37(43(4,5)6)48-40(59)36(45-9)44(7,8)28-24-49(10)30-15-13-12-14-27(28)30)22-26(3)38(57)47-29(16-17-34(53)54)39(58)46-19-20-51-33(52)23-32(41(51)60)62-21-18-35(55)56/h12-15,22,24-25,29,31-32,36-37,45H,16-21,23H2,1-11H3,(H,46,58)(H,47,57)(H,48,59)(H,53,54)(H,55,56)/b26-22+/t29-,31-,32?,36-,37-/m1/s1. The predicted molar refractivity (Wildman–Crippen MR) is 237 cm³/mol. The number of carboxylic acid groups (broad SMARTS) is 2. The summed E-state index contributed by atoms with van der Waals surface area (Å²) in [6, 6.07) is 4.33. The molecule has 1 aromatic heterocycles. The Morgan fingerprint density at radius 1 is 0.952 bits per heavy atom. The third kappa shape index (κ3) is 12.9. The Morgan fingerprint density at radius 2 is 1.58 bits per heavy atom. The van der Waals surface area contributed by atoms with Gasteiger partial charge >= 0.3 is 11.9 Å². The van der Waals surface area contributed by atoms with Crippen LogP contribution >= 0.6 is 11.8 Å². The Balaban J connectivity index is 1.76. The van der Waals surface area contributed by atoms with Crippen molar-refractivity contribution >= 4 is 70.0 Å². The topological polar surface area (TPSA) is 237 Å². The number of rotatable bonds is 22. The minimum Gasteiger partial charge on any atom is -0.481 e. The van der Waals surface area contributed by atoms with Crippen molar-refractivity contribution in [3.8, 4) is 0 Å². The van der Waals surface area contributed by atoms with Crippen LogP contribution in [0, 0.1) is 11.3 Å². The molecular formula is C44H65N7O10S. The molecule has 342 valence electrons. The van der Waals surface area contributed by atoms with Gasteiger partial charge in [0.05, 0.1) is 23.8 Å². The van der Waals surface area contributed by atoms with Crippen LogP contribution in [0.2, 0.25) is 0 Å². The van der Waals surface area contributed by atoms with Crippen molar-refractivity contribution in [3.63, 3.8) is 0 Å². The highest BCUT2D eigenvalue weighted by molar-refractivity contribution is 8.00. The van der Waals surface area contributed by atoms with Gasteiger partial charge in [0.2, 0.25) is 35.4 Å². The molecule has 2 heterocycles. The lowest BCUT2D eigenvalue weighted by Crippen LogP contribution is -2.61. The van der Waals surface area contributed by atoms with Crippen LogP contribution in [0.25, 0.3) is 10.9 Å². The first-order valence-corrected chi connectivity index (χ1v) is 21.8. The number of benzene rings is 1. The quantitative estimate of drug-likeness (QED) is 0.0740.